The van der Waals surface area contributed by atoms with Gasteiger partial charge in [0.1, 0.15) is 24.4 Å². The molecule has 1 saturated heterocycles. The van der Waals surface area contributed by atoms with Crippen molar-refractivity contribution in [2.24, 2.45) is 0 Å². The number of unbranched alkanes of at least 4 members (excludes halogenated alkanes) is 18. The predicted octanol–water partition coefficient (Wildman–Crippen LogP) is 6.22. The first-order valence-corrected chi connectivity index (χ1v) is 18.9. The zero-order chi connectivity index (χ0) is 33.8. The molecule has 0 radical (unpaired) electrons. The summed E-state index contributed by atoms with van der Waals surface area (Å²) in [5.41, 5.74) is 0. The standard InChI is InChI=1S/C37H71NO8/c1-3-5-7-9-11-13-15-16-17-19-21-23-25-27-33(41)38-30(29-45-37-36(44)35(43)34(42)32(28-39)46-37)31(40)26-24-22-20-18-14-12-10-8-6-4-2/h14,18,30-32,34-37,39-40,42-44H,3-13,15-17,19-29H2,1-2H3,(H,38,41)/b18-14+/t30-,31+,32-,34-,35?,36?,37-/m0/s1. The molecule has 1 aliphatic rings. The van der Waals surface area contributed by atoms with Crippen LogP contribution in [0.25, 0.3) is 0 Å². The van der Waals surface area contributed by atoms with E-state index in [0.29, 0.717) is 12.8 Å². The normalized spacial score (nSPS) is 23.2. The number of hydrogen-bond acceptors (Lipinski definition) is 8. The molecule has 1 rings (SSSR count). The number of aliphatic hydroxyl groups excluding tert-OH is 5. The van der Waals surface area contributed by atoms with Crippen molar-refractivity contribution in [1.82, 2.24) is 5.32 Å². The molecular weight excluding hydrogens is 586 g/mol. The zero-order valence-corrected chi connectivity index (χ0v) is 29.3. The lowest BCUT2D eigenvalue weighted by molar-refractivity contribution is -0.302. The van der Waals surface area contributed by atoms with Gasteiger partial charge in [-0.15, -0.1) is 0 Å². The molecule has 0 bridgehead atoms. The smallest absolute Gasteiger partial charge is 0.220 e. The molecule has 0 spiro atoms. The molecule has 46 heavy (non-hydrogen) atoms. The summed E-state index contributed by atoms with van der Waals surface area (Å²) in [4.78, 5) is 12.8. The van der Waals surface area contributed by atoms with Crippen LogP contribution in [0.4, 0.5) is 0 Å². The largest absolute Gasteiger partial charge is 0.394 e. The van der Waals surface area contributed by atoms with Crippen molar-refractivity contribution < 1.29 is 39.8 Å². The minimum absolute atomic E-state index is 0.147. The highest BCUT2D eigenvalue weighted by Gasteiger charge is 2.44. The molecule has 1 fully saturated rings. The van der Waals surface area contributed by atoms with Gasteiger partial charge in [-0.25, -0.2) is 0 Å². The summed E-state index contributed by atoms with van der Waals surface area (Å²) in [6, 6.07) is -0.726. The van der Waals surface area contributed by atoms with Gasteiger partial charge in [0.15, 0.2) is 6.29 Å². The maximum Gasteiger partial charge on any atom is 0.220 e. The second kappa shape index (κ2) is 28.9. The summed E-state index contributed by atoms with van der Waals surface area (Å²) in [7, 11) is 0. The Balaban J connectivity index is 2.44. The minimum atomic E-state index is -1.55. The Morgan fingerprint density at radius 2 is 1.22 bits per heavy atom. The molecule has 9 nitrogen and oxygen atoms in total. The molecule has 2 unspecified atom stereocenters. The molecule has 1 amide bonds. The van der Waals surface area contributed by atoms with E-state index in [1.54, 1.807) is 0 Å². The van der Waals surface area contributed by atoms with Gasteiger partial charge in [0.25, 0.3) is 0 Å². The number of carbonyl (C=O) groups is 1. The Morgan fingerprint density at radius 1 is 0.717 bits per heavy atom. The van der Waals surface area contributed by atoms with E-state index in [4.69, 9.17) is 9.47 Å². The van der Waals surface area contributed by atoms with Gasteiger partial charge < -0.3 is 40.3 Å². The first kappa shape index (κ1) is 43.0. The van der Waals surface area contributed by atoms with Crippen LogP contribution in [0, 0.1) is 0 Å². The highest BCUT2D eigenvalue weighted by molar-refractivity contribution is 5.76. The van der Waals surface area contributed by atoms with Gasteiger partial charge in [-0.2, -0.15) is 0 Å². The average molecular weight is 658 g/mol. The van der Waals surface area contributed by atoms with Crippen LogP contribution in [0.5, 0.6) is 0 Å². The SMILES string of the molecule is CCCCCC/C=C/CCCC[C@@H](O)[C@H](CO[C@H]1O[C@@H](CO)[C@H](O)C(O)C1O)NC(=O)CCCCCCCCCCCCCCC. The Morgan fingerprint density at radius 3 is 1.76 bits per heavy atom. The number of hydrogen-bond donors (Lipinski definition) is 6. The summed E-state index contributed by atoms with van der Waals surface area (Å²) >= 11 is 0. The molecule has 6 N–H and O–H groups in total. The lowest BCUT2D eigenvalue weighted by atomic mass is 9.99. The van der Waals surface area contributed by atoms with Crippen LogP contribution in [0.2, 0.25) is 0 Å². The Kier molecular flexibility index (Phi) is 27.0. The highest BCUT2D eigenvalue weighted by atomic mass is 16.7. The van der Waals surface area contributed by atoms with Crippen LogP contribution >= 0.6 is 0 Å². The third-order valence-corrected chi connectivity index (χ3v) is 9.12. The van der Waals surface area contributed by atoms with Crippen LogP contribution < -0.4 is 5.32 Å². The van der Waals surface area contributed by atoms with Crippen molar-refractivity contribution in [3.8, 4) is 0 Å². The average Bonchev–Trinajstić information content (AvgIpc) is 3.05. The number of rotatable bonds is 30. The number of allylic oxidation sites excluding steroid dienone is 2. The number of nitrogens with one attached hydrogen (secondary N) is 1. The highest BCUT2D eigenvalue weighted by Crippen LogP contribution is 2.23. The topological polar surface area (TPSA) is 149 Å². The fraction of sp³-hybridized carbons (Fsp3) is 0.919. The Bertz CT molecular complexity index is 736. The van der Waals surface area contributed by atoms with Crippen LogP contribution in [0.3, 0.4) is 0 Å². The lowest BCUT2D eigenvalue weighted by Crippen LogP contribution is -2.60. The summed E-state index contributed by atoms with van der Waals surface area (Å²) in [5.74, 6) is -0.157. The van der Waals surface area contributed by atoms with Crippen LogP contribution in [-0.4, -0.2) is 87.5 Å². The Labute approximate surface area is 280 Å². The summed E-state index contributed by atoms with van der Waals surface area (Å²) in [6.45, 7) is 3.76. The van der Waals surface area contributed by atoms with Crippen LogP contribution in [0.15, 0.2) is 12.2 Å². The van der Waals surface area contributed by atoms with Gasteiger partial charge in [0.05, 0.1) is 25.4 Å². The number of ether oxygens (including phenoxy) is 2. The van der Waals surface area contributed by atoms with E-state index in [2.05, 4.69) is 31.3 Å². The first-order chi connectivity index (χ1) is 22.3. The number of carbonyl (C=O) groups excluding carboxylic acids is 1. The molecule has 1 heterocycles. The van der Waals surface area contributed by atoms with Gasteiger partial charge in [-0.3, -0.25) is 4.79 Å². The second-order valence-corrected chi connectivity index (χ2v) is 13.4. The summed E-state index contributed by atoms with van der Waals surface area (Å²) < 4.78 is 11.2. The van der Waals surface area contributed by atoms with Crippen molar-refractivity contribution in [3.05, 3.63) is 12.2 Å². The van der Waals surface area contributed by atoms with Gasteiger partial charge >= 0.3 is 0 Å². The van der Waals surface area contributed by atoms with Crippen molar-refractivity contribution in [3.63, 3.8) is 0 Å². The second-order valence-electron chi connectivity index (χ2n) is 13.4. The van der Waals surface area contributed by atoms with Gasteiger partial charge in [-0.05, 0) is 38.5 Å². The van der Waals surface area contributed by atoms with E-state index >= 15 is 0 Å². The van der Waals surface area contributed by atoms with Crippen molar-refractivity contribution in [2.45, 2.75) is 204 Å². The minimum Gasteiger partial charge on any atom is -0.394 e. The fourth-order valence-corrected chi connectivity index (χ4v) is 5.98. The van der Waals surface area contributed by atoms with Crippen molar-refractivity contribution in [1.29, 1.82) is 0 Å². The molecule has 0 aromatic heterocycles. The maximum atomic E-state index is 12.8. The van der Waals surface area contributed by atoms with Crippen molar-refractivity contribution in [2.75, 3.05) is 13.2 Å². The predicted molar refractivity (Wildman–Crippen MR) is 184 cm³/mol. The number of amides is 1. The van der Waals surface area contributed by atoms with Crippen LogP contribution in [0.1, 0.15) is 162 Å². The Hall–Kier alpha value is -1.07. The van der Waals surface area contributed by atoms with Gasteiger partial charge in [0, 0.05) is 6.42 Å². The molecule has 0 aliphatic carbocycles. The monoisotopic (exact) mass is 658 g/mol. The van der Waals surface area contributed by atoms with Crippen molar-refractivity contribution >= 4 is 5.91 Å². The summed E-state index contributed by atoms with van der Waals surface area (Å²) in [5, 5.41) is 53.9. The molecular formula is C37H71NO8. The molecule has 0 aromatic rings. The zero-order valence-electron chi connectivity index (χ0n) is 29.3. The van der Waals surface area contributed by atoms with E-state index in [1.165, 1.54) is 89.9 Å². The van der Waals surface area contributed by atoms with Crippen LogP contribution in [-0.2, 0) is 14.3 Å². The maximum absolute atomic E-state index is 12.8. The van der Waals surface area contributed by atoms with Gasteiger partial charge in [0.2, 0.25) is 5.91 Å². The molecule has 0 aromatic carbocycles. The quantitative estimate of drug-likeness (QED) is 0.0394. The van der Waals surface area contributed by atoms with E-state index in [9.17, 15) is 30.3 Å². The molecule has 272 valence electrons. The lowest BCUT2D eigenvalue weighted by Gasteiger charge is -2.40. The van der Waals surface area contributed by atoms with E-state index in [1.807, 2.05) is 0 Å². The molecule has 9 heteroatoms. The number of aliphatic hydroxyl groups is 5. The fourth-order valence-electron chi connectivity index (χ4n) is 5.98. The van der Waals surface area contributed by atoms with E-state index < -0.39 is 49.5 Å². The molecule has 0 saturated carbocycles. The van der Waals surface area contributed by atoms with E-state index in [-0.39, 0.29) is 12.5 Å². The third-order valence-electron chi connectivity index (χ3n) is 9.12. The molecule has 1 aliphatic heterocycles. The summed E-state index contributed by atoms with van der Waals surface area (Å²) in [6.07, 6.45) is 22.2. The van der Waals surface area contributed by atoms with E-state index in [0.717, 1.165) is 44.9 Å². The van der Waals surface area contributed by atoms with Gasteiger partial charge in [-0.1, -0.05) is 129 Å². The first-order valence-electron chi connectivity index (χ1n) is 18.9. The molecule has 7 atom stereocenters. The third kappa shape index (κ3) is 20.3.